The summed E-state index contributed by atoms with van der Waals surface area (Å²) in [6, 6.07) is 13.1. The van der Waals surface area contributed by atoms with E-state index in [-0.39, 0.29) is 24.1 Å². The van der Waals surface area contributed by atoms with Crippen LogP contribution in [0.3, 0.4) is 0 Å². The number of hydrogen-bond acceptors (Lipinski definition) is 5. The van der Waals surface area contributed by atoms with Gasteiger partial charge in [-0.2, -0.15) is 0 Å². The highest BCUT2D eigenvalue weighted by Crippen LogP contribution is 2.33. The van der Waals surface area contributed by atoms with Crippen LogP contribution in [0.5, 0.6) is 5.75 Å². The third-order valence-corrected chi connectivity index (χ3v) is 7.30. The molecular formula is C26H29N3O4. The van der Waals surface area contributed by atoms with Crippen molar-refractivity contribution in [1.29, 1.82) is 0 Å². The molecule has 0 aliphatic carbocycles. The molecule has 3 amide bonds. The van der Waals surface area contributed by atoms with Crippen LogP contribution < -0.4 is 5.32 Å². The predicted molar refractivity (Wildman–Crippen MR) is 123 cm³/mol. The number of likely N-dealkylation sites (tertiary alicyclic amines) is 1. The van der Waals surface area contributed by atoms with Gasteiger partial charge in [-0.1, -0.05) is 30.3 Å². The van der Waals surface area contributed by atoms with Crippen LogP contribution in [0.1, 0.15) is 58.6 Å². The second kappa shape index (κ2) is 8.98. The lowest BCUT2D eigenvalue weighted by Crippen LogP contribution is -2.52. The molecule has 0 aromatic heterocycles. The predicted octanol–water partition coefficient (Wildman–Crippen LogP) is 2.58. The van der Waals surface area contributed by atoms with E-state index in [1.54, 1.807) is 11.0 Å². The molecule has 2 aromatic rings. The van der Waals surface area contributed by atoms with Crippen LogP contribution >= 0.6 is 0 Å². The first-order chi connectivity index (χ1) is 16.0. The van der Waals surface area contributed by atoms with Crippen molar-refractivity contribution < 1.29 is 19.5 Å². The summed E-state index contributed by atoms with van der Waals surface area (Å²) in [4.78, 5) is 40.7. The molecule has 33 heavy (non-hydrogen) atoms. The number of piperidine rings is 2. The van der Waals surface area contributed by atoms with Gasteiger partial charge < -0.3 is 14.9 Å². The van der Waals surface area contributed by atoms with Gasteiger partial charge in [0.25, 0.3) is 5.91 Å². The van der Waals surface area contributed by atoms with E-state index in [9.17, 15) is 19.5 Å². The van der Waals surface area contributed by atoms with Gasteiger partial charge in [0.2, 0.25) is 11.8 Å². The minimum Gasteiger partial charge on any atom is -0.508 e. The Balaban J connectivity index is 1.19. The van der Waals surface area contributed by atoms with Gasteiger partial charge in [0.1, 0.15) is 11.8 Å². The van der Waals surface area contributed by atoms with Crippen molar-refractivity contribution in [3.05, 3.63) is 64.7 Å². The first-order valence-electron chi connectivity index (χ1n) is 11.8. The van der Waals surface area contributed by atoms with Crippen molar-refractivity contribution in [3.8, 4) is 5.75 Å². The molecule has 2 aromatic carbocycles. The lowest BCUT2D eigenvalue weighted by Gasteiger charge is -2.32. The third kappa shape index (κ3) is 4.37. The van der Waals surface area contributed by atoms with E-state index >= 15 is 0 Å². The minimum atomic E-state index is -0.571. The van der Waals surface area contributed by atoms with E-state index in [1.807, 2.05) is 24.3 Å². The van der Waals surface area contributed by atoms with Gasteiger partial charge in [-0.05, 0) is 73.5 Å². The number of rotatable bonds is 5. The molecule has 3 heterocycles. The zero-order chi connectivity index (χ0) is 22.9. The molecular weight excluding hydrogens is 418 g/mol. The largest absolute Gasteiger partial charge is 0.508 e. The highest BCUT2D eigenvalue weighted by Gasteiger charge is 2.39. The topological polar surface area (TPSA) is 90.0 Å². The molecule has 2 fully saturated rings. The molecule has 1 atom stereocenters. The molecule has 2 saturated heterocycles. The fourth-order valence-electron chi connectivity index (χ4n) is 5.34. The first-order valence-corrected chi connectivity index (χ1v) is 11.8. The molecule has 0 saturated carbocycles. The monoisotopic (exact) mass is 447 g/mol. The van der Waals surface area contributed by atoms with E-state index in [2.05, 4.69) is 22.3 Å². The summed E-state index contributed by atoms with van der Waals surface area (Å²) in [6.45, 7) is 3.38. The van der Waals surface area contributed by atoms with Crippen molar-refractivity contribution in [3.63, 3.8) is 0 Å². The molecule has 0 spiro atoms. The van der Waals surface area contributed by atoms with E-state index in [1.165, 1.54) is 5.56 Å². The molecule has 1 unspecified atom stereocenters. The second-order valence-corrected chi connectivity index (χ2v) is 9.31. The Morgan fingerprint density at radius 3 is 2.55 bits per heavy atom. The molecule has 2 N–H and O–H groups in total. The van der Waals surface area contributed by atoms with Crippen LogP contribution in [-0.4, -0.2) is 58.3 Å². The number of aromatic hydroxyl groups is 1. The Labute approximate surface area is 193 Å². The summed E-state index contributed by atoms with van der Waals surface area (Å²) in [7, 11) is 0. The first kappa shape index (κ1) is 21.6. The van der Waals surface area contributed by atoms with Crippen LogP contribution in [-0.2, 0) is 22.6 Å². The van der Waals surface area contributed by atoms with E-state index in [4.69, 9.17) is 0 Å². The highest BCUT2D eigenvalue weighted by molar-refractivity contribution is 6.05. The number of nitrogens with one attached hydrogen (secondary N) is 1. The normalized spacial score (nSPS) is 21.9. The number of amides is 3. The van der Waals surface area contributed by atoms with Gasteiger partial charge in [0.15, 0.2) is 0 Å². The molecule has 3 aliphatic rings. The van der Waals surface area contributed by atoms with E-state index in [0.29, 0.717) is 30.2 Å². The summed E-state index contributed by atoms with van der Waals surface area (Å²) in [5, 5.41) is 12.3. The third-order valence-electron chi connectivity index (χ3n) is 7.30. The Hall–Kier alpha value is -3.19. The molecule has 0 radical (unpaired) electrons. The lowest BCUT2D eigenvalue weighted by atomic mass is 9.88. The Kier molecular flexibility index (Phi) is 5.89. The quantitative estimate of drug-likeness (QED) is 0.688. The molecule has 7 nitrogen and oxygen atoms in total. The van der Waals surface area contributed by atoms with Crippen molar-refractivity contribution in [2.45, 2.75) is 50.6 Å². The van der Waals surface area contributed by atoms with Crippen molar-refractivity contribution in [2.24, 2.45) is 0 Å². The van der Waals surface area contributed by atoms with Crippen molar-refractivity contribution in [1.82, 2.24) is 15.1 Å². The second-order valence-electron chi connectivity index (χ2n) is 9.31. The fraction of sp³-hybridized carbons (Fsp3) is 0.423. The zero-order valence-electron chi connectivity index (χ0n) is 18.6. The smallest absolute Gasteiger partial charge is 0.255 e. The van der Waals surface area contributed by atoms with E-state index in [0.717, 1.165) is 50.0 Å². The van der Waals surface area contributed by atoms with Crippen LogP contribution in [0.2, 0.25) is 0 Å². The Morgan fingerprint density at radius 2 is 1.79 bits per heavy atom. The van der Waals surface area contributed by atoms with Crippen LogP contribution in [0.4, 0.5) is 0 Å². The minimum absolute atomic E-state index is 0.120. The van der Waals surface area contributed by atoms with Crippen molar-refractivity contribution in [2.75, 3.05) is 19.6 Å². The number of benzene rings is 2. The summed E-state index contributed by atoms with van der Waals surface area (Å²) < 4.78 is 0. The number of fused-ring (bicyclic) bond motifs is 1. The molecule has 3 aliphatic heterocycles. The summed E-state index contributed by atoms with van der Waals surface area (Å²) in [5.74, 6) is 0.0614. The van der Waals surface area contributed by atoms with E-state index < -0.39 is 6.04 Å². The number of hydrogen-bond donors (Lipinski definition) is 2. The van der Waals surface area contributed by atoms with Gasteiger partial charge in [0.05, 0.1) is 0 Å². The Bertz CT molecular complexity index is 1090. The number of para-hydroxylation sites is 1. The number of phenolic OH excluding ortho intramolecular Hbond substituents is 1. The average molecular weight is 448 g/mol. The van der Waals surface area contributed by atoms with Crippen LogP contribution in [0.15, 0.2) is 42.5 Å². The number of phenols is 1. The van der Waals surface area contributed by atoms with Crippen LogP contribution in [0, 0.1) is 0 Å². The van der Waals surface area contributed by atoms with Gasteiger partial charge in [0, 0.05) is 25.1 Å². The maximum absolute atomic E-state index is 12.9. The molecule has 172 valence electrons. The number of carbonyl (C=O) groups excluding carboxylic acids is 3. The lowest BCUT2D eigenvalue weighted by molar-refractivity contribution is -0.136. The van der Waals surface area contributed by atoms with Gasteiger partial charge in [-0.25, -0.2) is 0 Å². The Morgan fingerprint density at radius 1 is 1.00 bits per heavy atom. The molecule has 5 rings (SSSR count). The average Bonchev–Trinajstić information content (AvgIpc) is 3.14. The van der Waals surface area contributed by atoms with Gasteiger partial charge in [-0.3, -0.25) is 19.7 Å². The standard InChI is InChI=1S/C26H29N3O4/c30-23-4-2-1-3-18(23)11-14-28-12-9-17(10-13-28)19-5-6-21-20(15-19)16-29(26(21)33)22-7-8-24(31)27-25(22)32/h1-6,15,17,22,30H,7-14,16H2,(H,27,31,32). The SMILES string of the molecule is O=C1CCC(N2Cc3cc(C4CCN(CCc5ccccc5O)CC4)ccc3C2=O)C(=O)N1. The maximum Gasteiger partial charge on any atom is 0.255 e. The van der Waals surface area contributed by atoms with Gasteiger partial charge >= 0.3 is 0 Å². The summed E-state index contributed by atoms with van der Waals surface area (Å²) >= 11 is 0. The number of imide groups is 1. The number of carbonyl (C=O) groups is 3. The van der Waals surface area contributed by atoms with Crippen LogP contribution in [0.25, 0.3) is 0 Å². The summed E-state index contributed by atoms with van der Waals surface area (Å²) in [5.41, 5.74) is 3.89. The zero-order valence-corrected chi connectivity index (χ0v) is 18.6. The van der Waals surface area contributed by atoms with Gasteiger partial charge in [-0.15, -0.1) is 0 Å². The highest BCUT2D eigenvalue weighted by atomic mass is 16.3. The van der Waals surface area contributed by atoms with Crippen molar-refractivity contribution >= 4 is 17.7 Å². The maximum atomic E-state index is 12.9. The fourth-order valence-corrected chi connectivity index (χ4v) is 5.34. The molecule has 0 bridgehead atoms. The summed E-state index contributed by atoms with van der Waals surface area (Å²) in [6.07, 6.45) is 3.61. The number of nitrogens with zero attached hydrogens (tertiary/aromatic N) is 2. The molecule has 7 heteroatoms.